The molecule has 0 saturated heterocycles. The maximum Gasteiger partial charge on any atom is 0.339 e. The van der Waals surface area contributed by atoms with E-state index in [0.717, 1.165) is 0 Å². The summed E-state index contributed by atoms with van der Waals surface area (Å²) >= 11 is 0. The van der Waals surface area contributed by atoms with Crippen molar-refractivity contribution in [2.45, 2.75) is 54.9 Å². The first-order valence-electron chi connectivity index (χ1n) is 9.36. The molecule has 6 nitrogen and oxygen atoms in total. The SMILES string of the molecule is CC(C)(C)CC(C)(C(=O)OCCOC(=O)c1ccccc1C(=O)O)C(C)(C)C. The molecule has 0 spiro atoms. The molecule has 0 heterocycles. The van der Waals surface area contributed by atoms with Gasteiger partial charge >= 0.3 is 17.9 Å². The largest absolute Gasteiger partial charge is 0.478 e. The first-order chi connectivity index (χ1) is 12.7. The van der Waals surface area contributed by atoms with Gasteiger partial charge in [-0.05, 0) is 36.3 Å². The minimum atomic E-state index is -1.21. The van der Waals surface area contributed by atoms with Crippen LogP contribution < -0.4 is 0 Å². The van der Waals surface area contributed by atoms with E-state index >= 15 is 0 Å². The molecule has 0 fully saturated rings. The first-order valence-corrected chi connectivity index (χ1v) is 9.36. The molecule has 1 rings (SSSR count). The lowest BCUT2D eigenvalue weighted by molar-refractivity contribution is -0.165. The maximum absolute atomic E-state index is 12.8. The Kier molecular flexibility index (Phi) is 7.40. The zero-order valence-corrected chi connectivity index (χ0v) is 17.9. The lowest BCUT2D eigenvalue weighted by atomic mass is 9.61. The summed E-state index contributed by atoms with van der Waals surface area (Å²) in [6.45, 7) is 13.9. The molecule has 1 unspecified atom stereocenters. The highest BCUT2D eigenvalue weighted by Gasteiger charge is 2.47. The van der Waals surface area contributed by atoms with Crippen molar-refractivity contribution in [3.63, 3.8) is 0 Å². The Balaban J connectivity index is 2.71. The highest BCUT2D eigenvalue weighted by Crippen LogP contribution is 2.47. The van der Waals surface area contributed by atoms with E-state index in [0.29, 0.717) is 6.42 Å². The van der Waals surface area contributed by atoms with Crippen LogP contribution >= 0.6 is 0 Å². The number of hydrogen-bond donors (Lipinski definition) is 1. The van der Waals surface area contributed by atoms with Crippen molar-refractivity contribution in [1.82, 2.24) is 0 Å². The number of hydrogen-bond acceptors (Lipinski definition) is 5. The smallest absolute Gasteiger partial charge is 0.339 e. The quantitative estimate of drug-likeness (QED) is 0.540. The van der Waals surface area contributed by atoms with E-state index in [1.54, 1.807) is 6.07 Å². The summed E-state index contributed by atoms with van der Waals surface area (Å²) in [5.41, 5.74) is -1.24. The van der Waals surface area contributed by atoms with Crippen molar-refractivity contribution < 1.29 is 29.0 Å². The zero-order valence-electron chi connectivity index (χ0n) is 17.9. The maximum atomic E-state index is 12.8. The highest BCUT2D eigenvalue weighted by atomic mass is 16.6. The lowest BCUT2D eigenvalue weighted by Crippen LogP contribution is -2.44. The summed E-state index contributed by atoms with van der Waals surface area (Å²) in [7, 11) is 0. The molecule has 28 heavy (non-hydrogen) atoms. The molecule has 0 bridgehead atoms. The second-order valence-corrected chi connectivity index (χ2v) is 9.44. The summed E-state index contributed by atoms with van der Waals surface area (Å²) in [6.07, 6.45) is 0.647. The summed E-state index contributed by atoms with van der Waals surface area (Å²) in [4.78, 5) is 36.1. The van der Waals surface area contributed by atoms with Gasteiger partial charge in [-0.25, -0.2) is 9.59 Å². The van der Waals surface area contributed by atoms with Gasteiger partial charge in [0.1, 0.15) is 13.2 Å². The lowest BCUT2D eigenvalue weighted by Gasteiger charge is -2.43. The van der Waals surface area contributed by atoms with E-state index in [9.17, 15) is 14.4 Å². The minimum absolute atomic E-state index is 0.0337. The summed E-state index contributed by atoms with van der Waals surface area (Å²) in [5, 5.41) is 9.14. The number of rotatable bonds is 7. The van der Waals surface area contributed by atoms with Crippen molar-refractivity contribution in [3.8, 4) is 0 Å². The van der Waals surface area contributed by atoms with Crippen LogP contribution in [-0.2, 0) is 14.3 Å². The van der Waals surface area contributed by atoms with E-state index in [1.165, 1.54) is 18.2 Å². The van der Waals surface area contributed by atoms with Gasteiger partial charge in [-0.1, -0.05) is 53.7 Å². The molecule has 0 aliphatic heterocycles. The second-order valence-electron chi connectivity index (χ2n) is 9.44. The van der Waals surface area contributed by atoms with Gasteiger partial charge in [0.25, 0.3) is 0 Å². The van der Waals surface area contributed by atoms with Gasteiger partial charge in [0.2, 0.25) is 0 Å². The first kappa shape index (κ1) is 23.7. The fraction of sp³-hybridized carbons (Fsp3) is 0.591. The monoisotopic (exact) mass is 392 g/mol. The number of carboxylic acid groups (broad SMARTS) is 1. The number of carbonyl (C=O) groups excluding carboxylic acids is 2. The zero-order chi connectivity index (χ0) is 21.8. The van der Waals surface area contributed by atoms with Gasteiger partial charge < -0.3 is 14.6 Å². The Bertz CT molecular complexity index is 723. The second kappa shape index (κ2) is 8.76. The van der Waals surface area contributed by atoms with Crippen LogP contribution in [0.2, 0.25) is 0 Å². The molecule has 1 aromatic carbocycles. The van der Waals surface area contributed by atoms with Crippen molar-refractivity contribution in [1.29, 1.82) is 0 Å². The van der Waals surface area contributed by atoms with Crippen LogP contribution in [0, 0.1) is 16.2 Å². The fourth-order valence-corrected chi connectivity index (χ4v) is 3.06. The van der Waals surface area contributed by atoms with E-state index in [4.69, 9.17) is 14.6 Å². The third kappa shape index (κ3) is 6.08. The van der Waals surface area contributed by atoms with E-state index in [-0.39, 0.29) is 41.1 Å². The van der Waals surface area contributed by atoms with Crippen LogP contribution in [0.4, 0.5) is 0 Å². The Morgan fingerprint density at radius 1 is 0.857 bits per heavy atom. The molecule has 0 aromatic heterocycles. The van der Waals surface area contributed by atoms with Crippen LogP contribution in [-0.4, -0.2) is 36.2 Å². The van der Waals surface area contributed by atoms with Gasteiger partial charge in [0.15, 0.2) is 0 Å². The number of carbonyl (C=O) groups is 3. The Hall–Kier alpha value is -2.37. The van der Waals surface area contributed by atoms with E-state index in [2.05, 4.69) is 20.8 Å². The third-order valence-corrected chi connectivity index (χ3v) is 4.92. The molecule has 6 heteroatoms. The van der Waals surface area contributed by atoms with Crippen LogP contribution in [0.5, 0.6) is 0 Å². The number of benzene rings is 1. The van der Waals surface area contributed by atoms with Crippen LogP contribution in [0.1, 0.15) is 75.6 Å². The molecule has 1 atom stereocenters. The highest BCUT2D eigenvalue weighted by molar-refractivity contribution is 6.02. The van der Waals surface area contributed by atoms with Crippen LogP contribution in [0.15, 0.2) is 24.3 Å². The normalized spacial score (nSPS) is 14.1. The molecule has 0 aliphatic rings. The fourth-order valence-electron chi connectivity index (χ4n) is 3.06. The molecule has 0 radical (unpaired) electrons. The molecule has 0 aliphatic carbocycles. The summed E-state index contributed by atoms with van der Waals surface area (Å²) < 4.78 is 10.5. The summed E-state index contributed by atoms with van der Waals surface area (Å²) in [6, 6.07) is 5.81. The average Bonchev–Trinajstić information content (AvgIpc) is 2.55. The minimum Gasteiger partial charge on any atom is -0.478 e. The number of ether oxygens (including phenoxy) is 2. The molecular formula is C22H32O6. The van der Waals surface area contributed by atoms with Gasteiger partial charge in [-0.3, -0.25) is 4.79 Å². The van der Waals surface area contributed by atoms with Crippen LogP contribution in [0.25, 0.3) is 0 Å². The number of esters is 2. The molecule has 0 saturated carbocycles. The van der Waals surface area contributed by atoms with Gasteiger partial charge in [-0.2, -0.15) is 0 Å². The Morgan fingerprint density at radius 3 is 1.82 bits per heavy atom. The molecule has 0 amide bonds. The van der Waals surface area contributed by atoms with E-state index < -0.39 is 17.4 Å². The third-order valence-electron chi connectivity index (χ3n) is 4.92. The molecule has 1 aromatic rings. The van der Waals surface area contributed by atoms with Gasteiger partial charge in [0, 0.05) is 0 Å². The number of carboxylic acids is 1. The van der Waals surface area contributed by atoms with Crippen molar-refractivity contribution in [2.24, 2.45) is 16.2 Å². The standard InChI is InChI=1S/C22H32O6/c1-20(2,3)14-22(7,21(4,5)6)19(26)28-13-12-27-18(25)16-11-9-8-10-15(16)17(23)24/h8-11H,12-14H2,1-7H3,(H,23,24). The van der Waals surface area contributed by atoms with Crippen molar-refractivity contribution >= 4 is 17.9 Å². The van der Waals surface area contributed by atoms with Crippen molar-refractivity contribution in [3.05, 3.63) is 35.4 Å². The Labute approximate surface area is 167 Å². The van der Waals surface area contributed by atoms with Crippen molar-refractivity contribution in [2.75, 3.05) is 13.2 Å². The topological polar surface area (TPSA) is 89.9 Å². The predicted octanol–water partition coefficient (Wildman–Crippen LogP) is 4.57. The summed E-state index contributed by atoms with van der Waals surface area (Å²) in [5.74, 6) is -2.30. The van der Waals surface area contributed by atoms with Gasteiger partial charge in [-0.15, -0.1) is 0 Å². The molecule has 1 N–H and O–H groups in total. The number of aromatic carboxylic acids is 1. The molecular weight excluding hydrogens is 360 g/mol. The Morgan fingerprint density at radius 2 is 1.36 bits per heavy atom. The van der Waals surface area contributed by atoms with Crippen LogP contribution in [0.3, 0.4) is 0 Å². The van der Waals surface area contributed by atoms with Gasteiger partial charge in [0.05, 0.1) is 16.5 Å². The molecule has 156 valence electrons. The average molecular weight is 392 g/mol. The predicted molar refractivity (Wildman–Crippen MR) is 106 cm³/mol. The van der Waals surface area contributed by atoms with E-state index in [1.807, 2.05) is 27.7 Å².